The van der Waals surface area contributed by atoms with Crippen LogP contribution in [0, 0.1) is 0 Å². The van der Waals surface area contributed by atoms with Gasteiger partial charge in [-0.15, -0.1) is 0 Å². The lowest BCUT2D eigenvalue weighted by atomic mass is 9.74. The van der Waals surface area contributed by atoms with Crippen LogP contribution in [-0.4, -0.2) is 36.7 Å². The van der Waals surface area contributed by atoms with E-state index in [-0.39, 0.29) is 17.9 Å². The van der Waals surface area contributed by atoms with Crippen LogP contribution in [-0.2, 0) is 14.9 Å². The van der Waals surface area contributed by atoms with Crippen LogP contribution in [0.2, 0.25) is 0 Å². The minimum atomic E-state index is -0.688. The average molecular weight is 333 g/mol. The Hall–Kier alpha value is -2.04. The zero-order chi connectivity index (χ0) is 17.6. The van der Waals surface area contributed by atoms with Crippen molar-refractivity contribution in [2.75, 3.05) is 19.7 Å². The molecule has 1 amide bonds. The van der Waals surface area contributed by atoms with Gasteiger partial charge in [0.05, 0.1) is 6.61 Å². The maximum atomic E-state index is 11.9. The van der Waals surface area contributed by atoms with E-state index in [9.17, 15) is 9.59 Å². The fraction of sp³-hybridized carbons (Fsp3) is 0.579. The van der Waals surface area contributed by atoms with E-state index in [1.165, 1.54) is 0 Å². The molecule has 24 heavy (non-hydrogen) atoms. The fourth-order valence-electron chi connectivity index (χ4n) is 3.42. The van der Waals surface area contributed by atoms with Crippen molar-refractivity contribution in [3.63, 3.8) is 0 Å². The quantitative estimate of drug-likeness (QED) is 0.619. The summed E-state index contributed by atoms with van der Waals surface area (Å²) in [5.74, 6) is 0.603. The molecule has 0 spiro atoms. The number of hydrogen-bond acceptors (Lipinski definition) is 4. The van der Waals surface area contributed by atoms with E-state index >= 15 is 0 Å². The Morgan fingerprint density at radius 1 is 1.25 bits per heavy atom. The van der Waals surface area contributed by atoms with Gasteiger partial charge < -0.3 is 14.4 Å². The molecule has 5 heteroatoms. The first-order valence-electron chi connectivity index (χ1n) is 8.71. The van der Waals surface area contributed by atoms with E-state index in [1.807, 2.05) is 17.0 Å². The normalized spacial score (nSPS) is 21.0. The second kappa shape index (κ2) is 8.18. The molecule has 1 aliphatic rings. The number of carbonyl (C=O) groups is 2. The van der Waals surface area contributed by atoms with Crippen LogP contribution in [0.3, 0.4) is 0 Å². The van der Waals surface area contributed by atoms with Gasteiger partial charge in [-0.2, -0.15) is 0 Å². The molecule has 132 valence electrons. The van der Waals surface area contributed by atoms with Gasteiger partial charge in [0.15, 0.2) is 0 Å². The second-order valence-corrected chi connectivity index (χ2v) is 6.34. The van der Waals surface area contributed by atoms with Crippen LogP contribution >= 0.6 is 0 Å². The summed E-state index contributed by atoms with van der Waals surface area (Å²) in [5.41, 5.74) is 1.01. The molecule has 1 heterocycles. The third kappa shape index (κ3) is 4.28. The first-order chi connectivity index (χ1) is 11.5. The van der Waals surface area contributed by atoms with E-state index in [2.05, 4.69) is 13.0 Å². The molecule has 1 unspecified atom stereocenters. The molecule has 5 nitrogen and oxygen atoms in total. The highest BCUT2D eigenvalue weighted by molar-refractivity contribution is 5.73. The summed E-state index contributed by atoms with van der Waals surface area (Å²) < 4.78 is 10.1. The van der Waals surface area contributed by atoms with Crippen molar-refractivity contribution in [3.8, 4) is 5.75 Å². The third-order valence-corrected chi connectivity index (χ3v) is 4.86. The predicted molar refractivity (Wildman–Crippen MR) is 92.2 cm³/mol. The monoisotopic (exact) mass is 333 g/mol. The standard InChI is InChI=1S/C19H27NO4/c1-4-19(11-6-7-12-20(14-19)15(3)21)16-9-8-10-17(13-16)24-18(22)23-5-2/h8-10,13H,4-7,11-12,14H2,1-3H3. The molecule has 1 aliphatic heterocycles. The Balaban J connectivity index is 2.28. The maximum Gasteiger partial charge on any atom is 0.513 e. The highest BCUT2D eigenvalue weighted by atomic mass is 16.7. The van der Waals surface area contributed by atoms with Crippen molar-refractivity contribution >= 4 is 12.1 Å². The average Bonchev–Trinajstić information content (AvgIpc) is 2.79. The number of rotatable bonds is 4. The highest BCUT2D eigenvalue weighted by Crippen LogP contribution is 2.38. The van der Waals surface area contributed by atoms with Crippen molar-refractivity contribution in [3.05, 3.63) is 29.8 Å². The van der Waals surface area contributed by atoms with Gasteiger partial charge in [-0.1, -0.05) is 25.5 Å². The Kier molecular flexibility index (Phi) is 6.23. The van der Waals surface area contributed by atoms with Crippen LogP contribution in [0.25, 0.3) is 0 Å². The number of benzene rings is 1. The number of ether oxygens (including phenoxy) is 2. The molecule has 0 N–H and O–H groups in total. The highest BCUT2D eigenvalue weighted by Gasteiger charge is 2.35. The Morgan fingerprint density at radius 3 is 2.71 bits per heavy atom. The Bertz CT molecular complexity index is 586. The molecule has 2 rings (SSSR count). The number of hydrogen-bond donors (Lipinski definition) is 0. The van der Waals surface area contributed by atoms with Gasteiger partial charge in [0, 0.05) is 25.4 Å². The smallest absolute Gasteiger partial charge is 0.434 e. The predicted octanol–water partition coefficient (Wildman–Crippen LogP) is 3.90. The largest absolute Gasteiger partial charge is 0.513 e. The molecule has 0 bridgehead atoms. The van der Waals surface area contributed by atoms with E-state index < -0.39 is 6.16 Å². The van der Waals surface area contributed by atoms with Crippen LogP contribution in [0.5, 0.6) is 5.75 Å². The molecular formula is C19H27NO4. The number of likely N-dealkylation sites (tertiary alicyclic amines) is 1. The third-order valence-electron chi connectivity index (χ3n) is 4.86. The zero-order valence-electron chi connectivity index (χ0n) is 14.8. The SMILES string of the molecule is CCOC(=O)Oc1cccc(C2(CC)CCCCN(C(C)=O)C2)c1. The summed E-state index contributed by atoms with van der Waals surface area (Å²) in [5, 5.41) is 0. The van der Waals surface area contributed by atoms with Gasteiger partial charge in [-0.3, -0.25) is 4.79 Å². The lowest BCUT2D eigenvalue weighted by Crippen LogP contribution is -2.41. The molecule has 1 atom stereocenters. The molecule has 1 fully saturated rings. The van der Waals surface area contributed by atoms with E-state index in [0.717, 1.165) is 37.8 Å². The summed E-state index contributed by atoms with van der Waals surface area (Å²) >= 11 is 0. The first-order valence-corrected chi connectivity index (χ1v) is 8.71. The zero-order valence-corrected chi connectivity index (χ0v) is 14.8. The van der Waals surface area contributed by atoms with Crippen LogP contribution in [0.1, 0.15) is 52.0 Å². The first kappa shape index (κ1) is 18.3. The lowest BCUT2D eigenvalue weighted by molar-refractivity contribution is -0.129. The molecule has 1 saturated heterocycles. The Labute approximate surface area is 143 Å². The topological polar surface area (TPSA) is 55.8 Å². The minimum absolute atomic E-state index is 0.101. The molecule has 1 aromatic rings. The summed E-state index contributed by atoms with van der Waals surface area (Å²) in [4.78, 5) is 25.4. The molecule has 1 aromatic carbocycles. The van der Waals surface area contributed by atoms with E-state index in [0.29, 0.717) is 12.3 Å². The summed E-state index contributed by atoms with van der Waals surface area (Å²) in [7, 11) is 0. The lowest BCUT2D eigenvalue weighted by Gasteiger charge is -2.36. The van der Waals surface area contributed by atoms with Crippen LogP contribution in [0.15, 0.2) is 24.3 Å². The summed E-state index contributed by atoms with van der Waals surface area (Å²) in [6.45, 7) is 7.34. The van der Waals surface area contributed by atoms with Gasteiger partial charge in [-0.25, -0.2) is 4.79 Å². The van der Waals surface area contributed by atoms with Crippen molar-refractivity contribution < 1.29 is 19.1 Å². The Morgan fingerprint density at radius 2 is 2.04 bits per heavy atom. The summed E-state index contributed by atoms with van der Waals surface area (Å²) in [6, 6.07) is 7.61. The molecule has 0 saturated carbocycles. The van der Waals surface area contributed by atoms with Gasteiger partial charge >= 0.3 is 6.16 Å². The number of carbonyl (C=O) groups excluding carboxylic acids is 2. The van der Waals surface area contributed by atoms with Crippen molar-refractivity contribution in [2.45, 2.75) is 51.9 Å². The molecule has 0 aliphatic carbocycles. The van der Waals surface area contributed by atoms with E-state index in [4.69, 9.17) is 9.47 Å². The van der Waals surface area contributed by atoms with Gasteiger partial charge in [0.1, 0.15) is 5.75 Å². The van der Waals surface area contributed by atoms with E-state index in [1.54, 1.807) is 19.9 Å². The van der Waals surface area contributed by atoms with Crippen LogP contribution in [0.4, 0.5) is 4.79 Å². The fourth-order valence-corrected chi connectivity index (χ4v) is 3.42. The number of amides is 1. The molecular weight excluding hydrogens is 306 g/mol. The molecule has 0 aromatic heterocycles. The van der Waals surface area contributed by atoms with Gasteiger partial charge in [0.25, 0.3) is 0 Å². The van der Waals surface area contributed by atoms with Gasteiger partial charge in [-0.05, 0) is 43.9 Å². The van der Waals surface area contributed by atoms with Crippen molar-refractivity contribution in [1.29, 1.82) is 0 Å². The van der Waals surface area contributed by atoms with Crippen molar-refractivity contribution in [1.82, 2.24) is 4.90 Å². The van der Waals surface area contributed by atoms with Gasteiger partial charge in [0.2, 0.25) is 5.91 Å². The maximum absolute atomic E-state index is 11.9. The second-order valence-electron chi connectivity index (χ2n) is 6.34. The van der Waals surface area contributed by atoms with Crippen molar-refractivity contribution in [2.24, 2.45) is 0 Å². The summed E-state index contributed by atoms with van der Waals surface area (Å²) in [6.07, 6.45) is 3.38. The molecule has 0 radical (unpaired) electrons. The minimum Gasteiger partial charge on any atom is -0.434 e. The van der Waals surface area contributed by atoms with Crippen LogP contribution < -0.4 is 4.74 Å². The number of nitrogens with zero attached hydrogens (tertiary/aromatic N) is 1.